The summed E-state index contributed by atoms with van der Waals surface area (Å²) in [5.41, 5.74) is -2.03. The van der Waals surface area contributed by atoms with Crippen LogP contribution in [0.25, 0.3) is 0 Å². The summed E-state index contributed by atoms with van der Waals surface area (Å²) >= 11 is 0. The molecule has 1 fully saturated rings. The van der Waals surface area contributed by atoms with Crippen molar-refractivity contribution in [1.82, 2.24) is 9.88 Å². The maximum Gasteiger partial charge on any atom is 0.453 e. The Kier molecular flexibility index (Phi) is 7.70. The molecule has 1 heterocycles. The lowest BCUT2D eigenvalue weighted by atomic mass is 9.80. The SMILES string of the molecule is OC(CN(Cc1ncccc1C(F)(F)F)C1CCCC(C(F)(F)C(F)(F)F)C1)C(F)(F)F. The number of pyridine rings is 1. The van der Waals surface area contributed by atoms with E-state index < -0.39 is 79.7 Å². The summed E-state index contributed by atoms with van der Waals surface area (Å²) in [4.78, 5) is 4.15. The Morgan fingerprint density at radius 1 is 1.00 bits per heavy atom. The van der Waals surface area contributed by atoms with Crippen molar-refractivity contribution in [1.29, 1.82) is 0 Å². The van der Waals surface area contributed by atoms with Gasteiger partial charge in [0, 0.05) is 31.2 Å². The predicted molar refractivity (Wildman–Crippen MR) is 88.5 cm³/mol. The Bertz CT molecular complexity index is 761. The second-order valence-electron chi connectivity index (χ2n) is 7.62. The largest absolute Gasteiger partial charge is 0.453 e. The lowest BCUT2D eigenvalue weighted by molar-refractivity contribution is -0.307. The molecule has 1 aliphatic carbocycles. The highest BCUT2D eigenvalue weighted by molar-refractivity contribution is 5.23. The topological polar surface area (TPSA) is 36.4 Å². The van der Waals surface area contributed by atoms with Crippen molar-refractivity contribution in [3.05, 3.63) is 29.6 Å². The highest BCUT2D eigenvalue weighted by Gasteiger charge is 2.62. The van der Waals surface area contributed by atoms with Gasteiger partial charge in [-0.05, 0) is 31.4 Å². The zero-order valence-electron chi connectivity index (χ0n) is 16.2. The number of alkyl halides is 11. The monoisotopic (exact) mass is 488 g/mol. The van der Waals surface area contributed by atoms with Crippen molar-refractivity contribution in [2.45, 2.75) is 68.8 Å². The molecule has 1 saturated carbocycles. The maximum atomic E-state index is 13.8. The molecule has 0 spiro atoms. The fourth-order valence-corrected chi connectivity index (χ4v) is 3.74. The smallest absolute Gasteiger partial charge is 0.382 e. The van der Waals surface area contributed by atoms with E-state index >= 15 is 0 Å². The van der Waals surface area contributed by atoms with Gasteiger partial charge in [0.25, 0.3) is 0 Å². The van der Waals surface area contributed by atoms with Crippen LogP contribution < -0.4 is 0 Å². The summed E-state index contributed by atoms with van der Waals surface area (Å²) < 4.78 is 144. The molecular weight excluding hydrogens is 469 g/mol. The van der Waals surface area contributed by atoms with E-state index in [-0.39, 0.29) is 12.8 Å². The number of aliphatic hydroxyl groups excluding tert-OH is 1. The second-order valence-corrected chi connectivity index (χ2v) is 7.62. The van der Waals surface area contributed by atoms with Gasteiger partial charge in [-0.15, -0.1) is 0 Å². The first-order chi connectivity index (χ1) is 14.4. The molecule has 0 radical (unpaired) electrons. The van der Waals surface area contributed by atoms with Crippen LogP contribution >= 0.6 is 0 Å². The van der Waals surface area contributed by atoms with Crippen LogP contribution in [0.5, 0.6) is 0 Å². The Morgan fingerprint density at radius 3 is 2.16 bits per heavy atom. The van der Waals surface area contributed by atoms with Crippen LogP contribution in [0, 0.1) is 5.92 Å². The van der Waals surface area contributed by atoms with Crippen molar-refractivity contribution < 1.29 is 53.4 Å². The molecular formula is C18H19F11N2O. The first-order valence-electron chi connectivity index (χ1n) is 9.39. The molecule has 1 aromatic rings. The molecule has 3 nitrogen and oxygen atoms in total. The average Bonchev–Trinajstić information content (AvgIpc) is 2.65. The predicted octanol–water partition coefficient (Wildman–Crippen LogP) is 5.58. The quantitative estimate of drug-likeness (QED) is 0.532. The molecule has 1 aromatic heterocycles. The minimum Gasteiger partial charge on any atom is -0.382 e. The van der Waals surface area contributed by atoms with Crippen LogP contribution in [0.4, 0.5) is 48.3 Å². The van der Waals surface area contributed by atoms with Crippen LogP contribution in [0.2, 0.25) is 0 Å². The summed E-state index contributed by atoms with van der Waals surface area (Å²) in [6.07, 6.45) is -19.9. The number of hydrogen-bond donors (Lipinski definition) is 1. The number of halogens is 11. The molecule has 3 atom stereocenters. The molecule has 2 rings (SSSR count). The van der Waals surface area contributed by atoms with Gasteiger partial charge in [-0.25, -0.2) is 0 Å². The molecule has 0 amide bonds. The maximum absolute atomic E-state index is 13.8. The number of aromatic nitrogens is 1. The lowest BCUT2D eigenvalue weighted by Gasteiger charge is -2.41. The van der Waals surface area contributed by atoms with Gasteiger partial charge in [-0.2, -0.15) is 48.3 Å². The van der Waals surface area contributed by atoms with Crippen molar-refractivity contribution in [2.75, 3.05) is 6.54 Å². The molecule has 0 saturated heterocycles. The van der Waals surface area contributed by atoms with Crippen molar-refractivity contribution in [2.24, 2.45) is 5.92 Å². The Morgan fingerprint density at radius 2 is 1.62 bits per heavy atom. The van der Waals surface area contributed by atoms with E-state index in [9.17, 15) is 53.4 Å². The van der Waals surface area contributed by atoms with Crippen LogP contribution in [0.1, 0.15) is 36.9 Å². The normalized spacial score (nSPS) is 22.3. The van der Waals surface area contributed by atoms with E-state index in [2.05, 4.69) is 4.98 Å². The molecule has 184 valence electrons. The second kappa shape index (κ2) is 9.27. The Labute approximate surface area is 175 Å². The zero-order chi connectivity index (χ0) is 24.5. The number of rotatable bonds is 6. The van der Waals surface area contributed by atoms with Crippen LogP contribution in [-0.2, 0) is 12.7 Å². The summed E-state index contributed by atoms with van der Waals surface area (Å²) in [6.45, 7) is -2.25. The van der Waals surface area contributed by atoms with Crippen molar-refractivity contribution >= 4 is 0 Å². The molecule has 0 aromatic carbocycles. The van der Waals surface area contributed by atoms with Crippen LogP contribution in [0.15, 0.2) is 18.3 Å². The summed E-state index contributed by atoms with van der Waals surface area (Å²) in [6, 6.07) is 0.186. The van der Waals surface area contributed by atoms with Gasteiger partial charge in [0.05, 0.1) is 11.3 Å². The van der Waals surface area contributed by atoms with Gasteiger partial charge < -0.3 is 5.11 Å². The van der Waals surface area contributed by atoms with Gasteiger partial charge in [-0.3, -0.25) is 9.88 Å². The highest BCUT2D eigenvalue weighted by atomic mass is 19.4. The van der Waals surface area contributed by atoms with Crippen molar-refractivity contribution in [3.8, 4) is 0 Å². The van der Waals surface area contributed by atoms with E-state index in [0.29, 0.717) is 11.0 Å². The molecule has 0 aliphatic heterocycles. The molecule has 1 N–H and O–H groups in total. The fraction of sp³-hybridized carbons (Fsp3) is 0.722. The first kappa shape index (κ1) is 26.6. The summed E-state index contributed by atoms with van der Waals surface area (Å²) in [5, 5.41) is 9.41. The van der Waals surface area contributed by atoms with E-state index in [1.54, 1.807) is 0 Å². The first-order valence-corrected chi connectivity index (χ1v) is 9.39. The third kappa shape index (κ3) is 6.21. The number of nitrogens with zero attached hydrogens (tertiary/aromatic N) is 2. The van der Waals surface area contributed by atoms with Gasteiger partial charge in [-0.1, -0.05) is 6.42 Å². The van der Waals surface area contributed by atoms with E-state index in [0.717, 1.165) is 12.3 Å². The number of aliphatic hydroxyl groups is 1. The van der Waals surface area contributed by atoms with Crippen LogP contribution in [-0.4, -0.2) is 52.0 Å². The minimum absolute atomic E-state index is 0.136. The third-order valence-electron chi connectivity index (χ3n) is 5.39. The van der Waals surface area contributed by atoms with Gasteiger partial charge in [0.15, 0.2) is 6.10 Å². The lowest BCUT2D eigenvalue weighted by Crippen LogP contribution is -2.51. The Balaban J connectivity index is 2.36. The highest BCUT2D eigenvalue weighted by Crippen LogP contribution is 2.47. The average molecular weight is 488 g/mol. The van der Waals surface area contributed by atoms with Crippen molar-refractivity contribution in [3.63, 3.8) is 0 Å². The van der Waals surface area contributed by atoms with E-state index in [4.69, 9.17) is 0 Å². The number of hydrogen-bond acceptors (Lipinski definition) is 3. The van der Waals surface area contributed by atoms with Crippen LogP contribution in [0.3, 0.4) is 0 Å². The fourth-order valence-electron chi connectivity index (χ4n) is 3.74. The molecule has 1 aliphatic rings. The van der Waals surface area contributed by atoms with E-state index in [1.807, 2.05) is 0 Å². The molecule has 0 bridgehead atoms. The van der Waals surface area contributed by atoms with E-state index in [1.165, 1.54) is 0 Å². The van der Waals surface area contributed by atoms with Gasteiger partial charge >= 0.3 is 24.5 Å². The molecule has 14 heteroatoms. The van der Waals surface area contributed by atoms with Gasteiger partial charge in [0.2, 0.25) is 0 Å². The minimum atomic E-state index is -5.89. The molecule has 3 unspecified atom stereocenters. The standard InChI is InChI=1S/C18H19F11N2O/c19-15(20,18(27,28)29)10-3-1-4-11(7-10)31(9-14(32)17(24,25)26)8-13-12(16(21,22)23)5-2-6-30-13/h2,5-6,10-11,14,32H,1,3-4,7-9H2. The Hall–Kier alpha value is -1.70. The third-order valence-corrected chi connectivity index (χ3v) is 5.39. The summed E-state index contributed by atoms with van der Waals surface area (Å²) in [5.74, 6) is -7.39. The zero-order valence-corrected chi connectivity index (χ0v) is 16.2. The van der Waals surface area contributed by atoms with Gasteiger partial charge in [0.1, 0.15) is 0 Å². The summed E-state index contributed by atoms with van der Waals surface area (Å²) in [7, 11) is 0. The molecule has 32 heavy (non-hydrogen) atoms.